The van der Waals surface area contributed by atoms with Crippen molar-refractivity contribution in [3.63, 3.8) is 0 Å². The SMILES string of the molecule is O.O.O.O.O.O.O.O.O.O.O.[V].[V].[V].[V].[V].[V]. The Hall–Kier alpha value is 3.07. The molecule has 118 valence electrons. The van der Waals surface area contributed by atoms with Gasteiger partial charge in [0.25, 0.3) is 0 Å². The maximum Gasteiger partial charge on any atom is 0 e. The minimum Gasteiger partial charge on any atom is -0.412 e. The predicted octanol–water partition coefficient (Wildman–Crippen LogP) is -9.09. The molecule has 0 aliphatic heterocycles. The van der Waals surface area contributed by atoms with Crippen molar-refractivity contribution in [1.82, 2.24) is 0 Å². The summed E-state index contributed by atoms with van der Waals surface area (Å²) >= 11 is 0. The summed E-state index contributed by atoms with van der Waals surface area (Å²) in [6, 6.07) is 0. The van der Waals surface area contributed by atoms with E-state index in [4.69, 9.17) is 0 Å². The fourth-order valence-corrected chi connectivity index (χ4v) is 0. The van der Waals surface area contributed by atoms with Crippen molar-refractivity contribution < 1.29 is 172 Å². The summed E-state index contributed by atoms with van der Waals surface area (Å²) in [6.07, 6.45) is 0. The van der Waals surface area contributed by atoms with Crippen LogP contribution in [0, 0.1) is 0 Å². The first-order chi connectivity index (χ1) is 0. The fraction of sp³-hybridized carbons (Fsp3) is 0. The minimum atomic E-state index is 0. The van der Waals surface area contributed by atoms with Crippen molar-refractivity contribution in [2.45, 2.75) is 0 Å². The summed E-state index contributed by atoms with van der Waals surface area (Å²) in [5.41, 5.74) is 0. The molecule has 0 aromatic carbocycles. The second-order valence-electron chi connectivity index (χ2n) is 0. The van der Waals surface area contributed by atoms with Crippen molar-refractivity contribution in [3.8, 4) is 0 Å². The molecule has 0 aliphatic rings. The fourth-order valence-electron chi connectivity index (χ4n) is 0. The Morgan fingerprint density at radius 1 is 0.118 bits per heavy atom. The summed E-state index contributed by atoms with van der Waals surface area (Å²) < 4.78 is 0. The van der Waals surface area contributed by atoms with Crippen molar-refractivity contribution >= 4 is 0 Å². The molecule has 0 spiro atoms. The van der Waals surface area contributed by atoms with Crippen LogP contribution in [-0.2, 0) is 111 Å². The van der Waals surface area contributed by atoms with Crippen LogP contribution in [0.5, 0.6) is 0 Å². The largest absolute Gasteiger partial charge is 0.412 e. The quantitative estimate of drug-likeness (QED) is 0.297. The predicted molar refractivity (Wildman–Crippen MR) is 39.8 cm³/mol. The first kappa shape index (κ1) is 776. The Morgan fingerprint density at radius 3 is 0.118 bits per heavy atom. The van der Waals surface area contributed by atoms with Crippen molar-refractivity contribution in [2.24, 2.45) is 0 Å². The van der Waals surface area contributed by atoms with Crippen LogP contribution < -0.4 is 0 Å². The van der Waals surface area contributed by atoms with Gasteiger partial charge in [0.05, 0.1) is 0 Å². The third-order valence-corrected chi connectivity index (χ3v) is 0. The standard InChI is InChI=1S/11H2O.6V/h11*1H2;;;;;;. The molecule has 11 nitrogen and oxygen atoms in total. The van der Waals surface area contributed by atoms with E-state index in [1.165, 1.54) is 0 Å². The molecular weight excluding hydrogens is 482 g/mol. The molecule has 17 heavy (non-hydrogen) atoms. The summed E-state index contributed by atoms with van der Waals surface area (Å²) in [5, 5.41) is 0. The second-order valence-corrected chi connectivity index (χ2v) is 0. The van der Waals surface area contributed by atoms with E-state index >= 15 is 0 Å². The van der Waals surface area contributed by atoms with Gasteiger partial charge in [0, 0.05) is 111 Å². The molecule has 17 heteroatoms. The first-order valence-corrected chi connectivity index (χ1v) is 0. The van der Waals surface area contributed by atoms with Crippen LogP contribution in [0.3, 0.4) is 0 Å². The van der Waals surface area contributed by atoms with E-state index in [1.54, 1.807) is 0 Å². The number of hydrogen-bond acceptors (Lipinski definition) is 0. The topological polar surface area (TPSA) is 346 Å². The Balaban J connectivity index is 0. The van der Waals surface area contributed by atoms with Gasteiger partial charge in [-0.05, 0) is 0 Å². The molecule has 6 radical (unpaired) electrons. The molecule has 0 atom stereocenters. The first-order valence-electron chi connectivity index (χ1n) is 0. The van der Waals surface area contributed by atoms with Gasteiger partial charge in [-0.15, -0.1) is 0 Å². The zero-order chi connectivity index (χ0) is 0. The summed E-state index contributed by atoms with van der Waals surface area (Å²) in [6.45, 7) is 0. The Labute approximate surface area is 170 Å². The minimum absolute atomic E-state index is 0. The van der Waals surface area contributed by atoms with Gasteiger partial charge in [-0.3, -0.25) is 0 Å². The van der Waals surface area contributed by atoms with Gasteiger partial charge in [-0.1, -0.05) is 0 Å². The van der Waals surface area contributed by atoms with E-state index in [1.807, 2.05) is 0 Å². The molecule has 0 unspecified atom stereocenters. The normalized spacial score (nSPS) is 0. The summed E-state index contributed by atoms with van der Waals surface area (Å²) in [7, 11) is 0. The molecule has 0 aromatic rings. The molecule has 22 N–H and O–H groups in total. The summed E-state index contributed by atoms with van der Waals surface area (Å²) in [5.74, 6) is 0. The van der Waals surface area contributed by atoms with Crippen molar-refractivity contribution in [2.75, 3.05) is 0 Å². The average molecular weight is 504 g/mol. The Bertz CT molecular complexity index is 15.9. The van der Waals surface area contributed by atoms with Crippen LogP contribution in [-0.4, -0.2) is 60.2 Å². The molecular formula is H22O11V6. The van der Waals surface area contributed by atoms with Gasteiger partial charge >= 0.3 is 0 Å². The third-order valence-electron chi connectivity index (χ3n) is 0. The van der Waals surface area contributed by atoms with Crippen LogP contribution in [0.25, 0.3) is 0 Å². The van der Waals surface area contributed by atoms with Crippen molar-refractivity contribution in [1.29, 1.82) is 0 Å². The molecule has 0 aromatic heterocycles. The molecule has 0 bridgehead atoms. The van der Waals surface area contributed by atoms with Gasteiger partial charge < -0.3 is 60.2 Å². The number of rotatable bonds is 0. The maximum absolute atomic E-state index is 0. The van der Waals surface area contributed by atoms with Crippen LogP contribution in [0.15, 0.2) is 0 Å². The molecule has 0 saturated heterocycles. The Morgan fingerprint density at radius 2 is 0.118 bits per heavy atom. The van der Waals surface area contributed by atoms with E-state index < -0.39 is 0 Å². The van der Waals surface area contributed by atoms with Crippen molar-refractivity contribution in [3.05, 3.63) is 0 Å². The van der Waals surface area contributed by atoms with Gasteiger partial charge in [0.1, 0.15) is 0 Å². The summed E-state index contributed by atoms with van der Waals surface area (Å²) in [4.78, 5) is 0. The van der Waals surface area contributed by atoms with Crippen LogP contribution in [0.4, 0.5) is 0 Å². The molecule has 0 amide bonds. The molecule has 0 heterocycles. The molecule has 0 aliphatic carbocycles. The van der Waals surface area contributed by atoms with E-state index in [0.29, 0.717) is 0 Å². The zero-order valence-electron chi connectivity index (χ0n) is 8.18. The van der Waals surface area contributed by atoms with Crippen LogP contribution >= 0.6 is 0 Å². The van der Waals surface area contributed by atoms with Gasteiger partial charge in [0.2, 0.25) is 0 Å². The monoisotopic (exact) mass is 504 g/mol. The van der Waals surface area contributed by atoms with E-state index in [0.717, 1.165) is 0 Å². The zero-order valence-corrected chi connectivity index (χ0v) is 16.6. The smallest absolute Gasteiger partial charge is 0 e. The molecule has 0 rings (SSSR count). The Kier molecular flexibility index (Phi) is 30200. The van der Waals surface area contributed by atoms with E-state index in [-0.39, 0.29) is 172 Å². The average Bonchev–Trinajstić information content (AvgIpc) is 0. The molecule has 0 saturated carbocycles. The van der Waals surface area contributed by atoms with Crippen LogP contribution in [0.1, 0.15) is 0 Å². The third kappa shape index (κ3) is 591. The van der Waals surface area contributed by atoms with Gasteiger partial charge in [0.15, 0.2) is 0 Å². The van der Waals surface area contributed by atoms with E-state index in [2.05, 4.69) is 0 Å². The van der Waals surface area contributed by atoms with E-state index in [9.17, 15) is 0 Å². The van der Waals surface area contributed by atoms with Gasteiger partial charge in [-0.2, -0.15) is 0 Å². The second kappa shape index (κ2) is 662. The molecule has 0 fully saturated rings. The van der Waals surface area contributed by atoms with Crippen LogP contribution in [0.2, 0.25) is 0 Å². The number of hydrogen-bond donors (Lipinski definition) is 0. The van der Waals surface area contributed by atoms with Gasteiger partial charge in [-0.25, -0.2) is 0 Å². The maximum atomic E-state index is 0.